The maximum atomic E-state index is 12.0. The van der Waals surface area contributed by atoms with Crippen LogP contribution in [0.4, 0.5) is 13.2 Å². The number of ether oxygens (including phenoxy) is 1. The van der Waals surface area contributed by atoms with E-state index >= 15 is 0 Å². The lowest BCUT2D eigenvalue weighted by Crippen LogP contribution is -2.17. The summed E-state index contributed by atoms with van der Waals surface area (Å²) in [5, 5.41) is 0. The average molecular weight is 274 g/mol. The minimum atomic E-state index is -4.69. The smallest absolute Gasteiger partial charge is 0.406 e. The van der Waals surface area contributed by atoms with Crippen LogP contribution in [-0.4, -0.2) is 12.1 Å². The van der Waals surface area contributed by atoms with Crippen LogP contribution in [-0.2, 0) is 11.2 Å². The van der Waals surface area contributed by atoms with Crippen molar-refractivity contribution < 1.29 is 22.7 Å². The Kier molecular flexibility index (Phi) is 5.39. The highest BCUT2D eigenvalue weighted by molar-refractivity contribution is 5.80. The van der Waals surface area contributed by atoms with Gasteiger partial charge in [-0.25, -0.2) is 0 Å². The van der Waals surface area contributed by atoms with Crippen LogP contribution in [0.2, 0.25) is 0 Å². The number of carbonyl (C=O) groups excluding carboxylic acids is 1. The van der Waals surface area contributed by atoms with Crippen LogP contribution in [0.15, 0.2) is 24.3 Å². The third-order valence-electron chi connectivity index (χ3n) is 2.56. The Morgan fingerprint density at radius 2 is 1.79 bits per heavy atom. The zero-order valence-electron chi connectivity index (χ0n) is 11.0. The second-order valence-electron chi connectivity index (χ2n) is 4.84. The molecule has 1 aromatic rings. The van der Waals surface area contributed by atoms with Gasteiger partial charge in [0.05, 0.1) is 0 Å². The molecule has 0 amide bonds. The van der Waals surface area contributed by atoms with Gasteiger partial charge in [0, 0.05) is 12.8 Å². The molecule has 0 radical (unpaired) electrons. The molecular weight excluding hydrogens is 257 g/mol. The molecule has 0 spiro atoms. The Balaban J connectivity index is 2.50. The van der Waals surface area contributed by atoms with E-state index in [2.05, 4.69) is 4.74 Å². The molecule has 0 atom stereocenters. The van der Waals surface area contributed by atoms with Gasteiger partial charge in [-0.2, -0.15) is 0 Å². The quantitative estimate of drug-likeness (QED) is 0.779. The zero-order chi connectivity index (χ0) is 14.5. The second-order valence-corrected chi connectivity index (χ2v) is 4.84. The number of benzene rings is 1. The summed E-state index contributed by atoms with van der Waals surface area (Å²) >= 11 is 0. The van der Waals surface area contributed by atoms with Gasteiger partial charge in [-0.1, -0.05) is 26.0 Å². The molecule has 0 fully saturated rings. The average Bonchev–Trinajstić information content (AvgIpc) is 2.27. The van der Waals surface area contributed by atoms with Gasteiger partial charge in [0.1, 0.15) is 11.5 Å². The summed E-state index contributed by atoms with van der Waals surface area (Å²) in [5.41, 5.74) is 0.697. The van der Waals surface area contributed by atoms with E-state index in [1.54, 1.807) is 0 Å². The monoisotopic (exact) mass is 274 g/mol. The SMILES string of the molecule is CC(C)CCC(=O)Cc1ccc(OC(F)(F)F)cc1. The van der Waals surface area contributed by atoms with Crippen molar-refractivity contribution in [3.63, 3.8) is 0 Å². The fourth-order valence-electron chi connectivity index (χ4n) is 1.57. The summed E-state index contributed by atoms with van der Waals surface area (Å²) in [4.78, 5) is 11.6. The number of alkyl halides is 3. The highest BCUT2D eigenvalue weighted by atomic mass is 19.4. The first-order chi connectivity index (χ1) is 8.76. The summed E-state index contributed by atoms with van der Waals surface area (Å²) in [6, 6.07) is 5.40. The van der Waals surface area contributed by atoms with E-state index < -0.39 is 6.36 Å². The molecule has 0 aliphatic carbocycles. The Morgan fingerprint density at radius 3 is 2.26 bits per heavy atom. The Labute approximate surface area is 110 Å². The largest absolute Gasteiger partial charge is 0.573 e. The lowest BCUT2D eigenvalue weighted by atomic mass is 10.0. The molecule has 0 N–H and O–H groups in total. The van der Waals surface area contributed by atoms with Gasteiger partial charge in [-0.05, 0) is 30.0 Å². The topological polar surface area (TPSA) is 26.3 Å². The van der Waals surface area contributed by atoms with Crippen molar-refractivity contribution in [1.29, 1.82) is 0 Å². The van der Waals surface area contributed by atoms with Crippen LogP contribution in [0.25, 0.3) is 0 Å². The Hall–Kier alpha value is -1.52. The van der Waals surface area contributed by atoms with Gasteiger partial charge in [0.2, 0.25) is 0 Å². The third kappa shape index (κ3) is 6.84. The minimum absolute atomic E-state index is 0.0955. The summed E-state index contributed by atoms with van der Waals surface area (Å²) in [6.07, 6.45) is -3.11. The number of ketones is 1. The summed E-state index contributed by atoms with van der Waals surface area (Å²) < 4.78 is 39.6. The molecule has 0 aliphatic heterocycles. The van der Waals surface area contributed by atoms with E-state index in [9.17, 15) is 18.0 Å². The molecule has 106 valence electrons. The van der Waals surface area contributed by atoms with Crippen molar-refractivity contribution in [2.75, 3.05) is 0 Å². The molecule has 0 saturated heterocycles. The first kappa shape index (κ1) is 15.5. The van der Waals surface area contributed by atoms with E-state index in [0.29, 0.717) is 17.9 Å². The van der Waals surface area contributed by atoms with Crippen LogP contribution in [0.1, 0.15) is 32.3 Å². The molecule has 19 heavy (non-hydrogen) atoms. The molecule has 0 bridgehead atoms. The maximum Gasteiger partial charge on any atom is 0.573 e. The molecule has 0 aliphatic rings. The van der Waals surface area contributed by atoms with Crippen molar-refractivity contribution >= 4 is 5.78 Å². The molecule has 0 aromatic heterocycles. The van der Waals surface area contributed by atoms with Gasteiger partial charge in [0.15, 0.2) is 0 Å². The molecule has 0 saturated carbocycles. The molecule has 5 heteroatoms. The lowest BCUT2D eigenvalue weighted by molar-refractivity contribution is -0.274. The number of hydrogen-bond donors (Lipinski definition) is 0. The van der Waals surface area contributed by atoms with Crippen LogP contribution in [0.5, 0.6) is 5.75 Å². The third-order valence-corrected chi connectivity index (χ3v) is 2.56. The number of Topliss-reactive ketones (excluding diaryl/α,β-unsaturated/α-hetero) is 1. The number of halogens is 3. The Morgan fingerprint density at radius 1 is 1.21 bits per heavy atom. The van der Waals surface area contributed by atoms with E-state index in [1.807, 2.05) is 13.8 Å². The molecular formula is C14H17F3O2. The van der Waals surface area contributed by atoms with Crippen LogP contribution in [0, 0.1) is 5.92 Å². The fraction of sp³-hybridized carbons (Fsp3) is 0.500. The normalized spacial score (nSPS) is 11.7. The molecule has 0 unspecified atom stereocenters. The predicted molar refractivity (Wildman–Crippen MR) is 65.9 cm³/mol. The van der Waals surface area contributed by atoms with Crippen LogP contribution < -0.4 is 4.74 Å². The maximum absolute atomic E-state index is 12.0. The zero-order valence-corrected chi connectivity index (χ0v) is 11.0. The number of rotatable bonds is 6. The van der Waals surface area contributed by atoms with Crippen LogP contribution >= 0.6 is 0 Å². The van der Waals surface area contributed by atoms with Crippen molar-refractivity contribution in [3.05, 3.63) is 29.8 Å². The highest BCUT2D eigenvalue weighted by Crippen LogP contribution is 2.23. The Bertz CT molecular complexity index is 408. The highest BCUT2D eigenvalue weighted by Gasteiger charge is 2.30. The summed E-state index contributed by atoms with van der Waals surface area (Å²) in [6.45, 7) is 4.08. The van der Waals surface area contributed by atoms with Gasteiger partial charge in [-0.3, -0.25) is 4.79 Å². The number of carbonyl (C=O) groups is 1. The van der Waals surface area contributed by atoms with E-state index in [-0.39, 0.29) is 18.0 Å². The first-order valence-electron chi connectivity index (χ1n) is 6.12. The van der Waals surface area contributed by atoms with E-state index in [0.717, 1.165) is 6.42 Å². The van der Waals surface area contributed by atoms with Gasteiger partial charge in [0.25, 0.3) is 0 Å². The van der Waals surface area contributed by atoms with Crippen molar-refractivity contribution in [3.8, 4) is 5.75 Å². The molecule has 0 heterocycles. The standard InChI is InChI=1S/C14H17F3O2/c1-10(2)3-6-12(18)9-11-4-7-13(8-5-11)19-14(15,16)17/h4-5,7-8,10H,3,6,9H2,1-2H3. The molecule has 1 aromatic carbocycles. The fourth-order valence-corrected chi connectivity index (χ4v) is 1.57. The van der Waals surface area contributed by atoms with Gasteiger partial charge in [-0.15, -0.1) is 13.2 Å². The van der Waals surface area contributed by atoms with Crippen molar-refractivity contribution in [2.45, 2.75) is 39.5 Å². The van der Waals surface area contributed by atoms with Gasteiger partial charge < -0.3 is 4.74 Å². The van der Waals surface area contributed by atoms with E-state index in [1.165, 1.54) is 24.3 Å². The first-order valence-corrected chi connectivity index (χ1v) is 6.12. The van der Waals surface area contributed by atoms with Crippen molar-refractivity contribution in [2.24, 2.45) is 5.92 Å². The van der Waals surface area contributed by atoms with Crippen molar-refractivity contribution in [1.82, 2.24) is 0 Å². The summed E-state index contributed by atoms with van der Waals surface area (Å²) in [5.74, 6) is 0.288. The lowest BCUT2D eigenvalue weighted by Gasteiger charge is -2.09. The van der Waals surface area contributed by atoms with Crippen LogP contribution in [0.3, 0.4) is 0 Å². The minimum Gasteiger partial charge on any atom is -0.406 e. The molecule has 2 nitrogen and oxygen atoms in total. The second kappa shape index (κ2) is 6.59. The summed E-state index contributed by atoms with van der Waals surface area (Å²) in [7, 11) is 0. The van der Waals surface area contributed by atoms with Gasteiger partial charge >= 0.3 is 6.36 Å². The van der Waals surface area contributed by atoms with E-state index in [4.69, 9.17) is 0 Å². The predicted octanol–water partition coefficient (Wildman–Crippen LogP) is 4.13. The number of hydrogen-bond acceptors (Lipinski definition) is 2. The molecule has 1 rings (SSSR count).